The van der Waals surface area contributed by atoms with Gasteiger partial charge in [0.05, 0.1) is 11.0 Å². The van der Waals surface area contributed by atoms with Crippen LogP contribution in [0.15, 0.2) is 42.5 Å². The van der Waals surface area contributed by atoms with E-state index in [1.54, 1.807) is 11.9 Å². The Morgan fingerprint density at radius 3 is 2.43 bits per heavy atom. The topological polar surface area (TPSA) is 84.7 Å². The van der Waals surface area contributed by atoms with Crippen LogP contribution in [-0.2, 0) is 22.6 Å². The molecule has 0 saturated heterocycles. The van der Waals surface area contributed by atoms with Crippen molar-refractivity contribution >= 4 is 28.6 Å². The first-order valence-electron chi connectivity index (χ1n) is 12.5. The number of amides is 1. The molecule has 1 atom stereocenters. The number of benzene rings is 2. The standard InChI is InChI=1S/C28H37N3O4/c1-6-8-9-26-29-23-15-12-21(30(5)27(32)7-2)17-24(23)31(26)18-20-10-13-22(14-11-20)35-25(28(33)34)16-19(3)4/h10-15,17,19,25H,6-9,16,18H2,1-5H3,(H,33,34). The lowest BCUT2D eigenvalue weighted by molar-refractivity contribution is -0.145. The quantitative estimate of drug-likeness (QED) is 0.361. The van der Waals surface area contributed by atoms with E-state index >= 15 is 0 Å². The van der Waals surface area contributed by atoms with Gasteiger partial charge in [-0.1, -0.05) is 46.2 Å². The molecule has 2 aromatic carbocycles. The number of hydrogen-bond donors (Lipinski definition) is 1. The second-order valence-electron chi connectivity index (χ2n) is 9.42. The molecule has 0 aliphatic heterocycles. The van der Waals surface area contributed by atoms with Crippen molar-refractivity contribution in [2.45, 2.75) is 72.4 Å². The summed E-state index contributed by atoms with van der Waals surface area (Å²) >= 11 is 0. The van der Waals surface area contributed by atoms with E-state index in [9.17, 15) is 14.7 Å². The average molecular weight is 480 g/mol. The minimum Gasteiger partial charge on any atom is -0.479 e. The number of carboxylic acid groups (broad SMARTS) is 1. The predicted octanol–water partition coefficient (Wildman–Crippen LogP) is 5.68. The summed E-state index contributed by atoms with van der Waals surface area (Å²) in [5.74, 6) is 0.907. The molecule has 1 aromatic heterocycles. The number of anilines is 1. The van der Waals surface area contributed by atoms with E-state index in [1.807, 2.05) is 63.2 Å². The summed E-state index contributed by atoms with van der Waals surface area (Å²) in [6.45, 7) is 8.61. The number of carbonyl (C=O) groups is 2. The van der Waals surface area contributed by atoms with Crippen LogP contribution in [0.4, 0.5) is 5.69 Å². The molecule has 0 spiro atoms. The van der Waals surface area contributed by atoms with E-state index < -0.39 is 12.1 Å². The first kappa shape index (κ1) is 26.3. The molecule has 1 heterocycles. The average Bonchev–Trinajstić information content (AvgIpc) is 3.18. The molecule has 0 aliphatic carbocycles. The van der Waals surface area contributed by atoms with Crippen LogP contribution in [0.5, 0.6) is 5.75 Å². The second kappa shape index (κ2) is 11.9. The number of nitrogens with zero attached hydrogens (tertiary/aromatic N) is 3. The van der Waals surface area contributed by atoms with Gasteiger partial charge in [-0.25, -0.2) is 9.78 Å². The zero-order chi connectivity index (χ0) is 25.5. The Morgan fingerprint density at radius 2 is 1.83 bits per heavy atom. The Balaban J connectivity index is 1.89. The summed E-state index contributed by atoms with van der Waals surface area (Å²) in [6, 6.07) is 13.6. The highest BCUT2D eigenvalue weighted by atomic mass is 16.5. The summed E-state index contributed by atoms with van der Waals surface area (Å²) in [6.07, 6.45) is 3.04. The monoisotopic (exact) mass is 479 g/mol. The van der Waals surface area contributed by atoms with Crippen LogP contribution in [-0.4, -0.2) is 39.7 Å². The molecular weight excluding hydrogens is 442 g/mol. The number of fused-ring (bicyclic) bond motifs is 1. The fourth-order valence-electron chi connectivity index (χ4n) is 4.10. The molecule has 1 amide bonds. The number of rotatable bonds is 12. The van der Waals surface area contributed by atoms with E-state index in [0.29, 0.717) is 25.1 Å². The SMILES string of the molecule is CCCCc1nc2ccc(N(C)C(=O)CC)cc2n1Cc1ccc(OC(CC(C)C)C(=O)O)cc1. The summed E-state index contributed by atoms with van der Waals surface area (Å²) < 4.78 is 7.96. The number of unbranched alkanes of at least 4 members (excludes halogenated alkanes) is 1. The lowest BCUT2D eigenvalue weighted by Gasteiger charge is -2.18. The van der Waals surface area contributed by atoms with Crippen molar-refractivity contribution in [3.63, 3.8) is 0 Å². The molecular formula is C28H37N3O4. The lowest BCUT2D eigenvalue weighted by Crippen LogP contribution is -2.28. The summed E-state index contributed by atoms with van der Waals surface area (Å²) in [4.78, 5) is 30.3. The van der Waals surface area contributed by atoms with Gasteiger partial charge in [0.1, 0.15) is 11.6 Å². The largest absolute Gasteiger partial charge is 0.479 e. The summed E-state index contributed by atoms with van der Waals surface area (Å²) in [5, 5.41) is 9.46. The number of hydrogen-bond acceptors (Lipinski definition) is 4. The van der Waals surface area contributed by atoms with Gasteiger partial charge in [-0.05, 0) is 54.7 Å². The molecule has 35 heavy (non-hydrogen) atoms. The van der Waals surface area contributed by atoms with Crippen LogP contribution in [0.2, 0.25) is 0 Å². The van der Waals surface area contributed by atoms with Crippen LogP contribution >= 0.6 is 0 Å². The van der Waals surface area contributed by atoms with E-state index in [1.165, 1.54) is 0 Å². The Morgan fingerprint density at radius 1 is 1.11 bits per heavy atom. The van der Waals surface area contributed by atoms with Crippen LogP contribution < -0.4 is 9.64 Å². The van der Waals surface area contributed by atoms with Crippen molar-refractivity contribution in [1.29, 1.82) is 0 Å². The zero-order valence-electron chi connectivity index (χ0n) is 21.5. The van der Waals surface area contributed by atoms with E-state index in [2.05, 4.69) is 11.5 Å². The molecule has 1 N–H and O–H groups in total. The highest BCUT2D eigenvalue weighted by Gasteiger charge is 2.21. The number of carboxylic acids is 1. The molecule has 0 radical (unpaired) electrons. The zero-order valence-corrected chi connectivity index (χ0v) is 21.5. The van der Waals surface area contributed by atoms with Gasteiger partial charge in [0.2, 0.25) is 5.91 Å². The maximum Gasteiger partial charge on any atom is 0.344 e. The number of aliphatic carboxylic acids is 1. The van der Waals surface area contributed by atoms with Gasteiger partial charge in [0.15, 0.2) is 6.10 Å². The van der Waals surface area contributed by atoms with E-state index in [0.717, 1.165) is 47.4 Å². The van der Waals surface area contributed by atoms with Crippen molar-refractivity contribution < 1.29 is 19.4 Å². The fraction of sp³-hybridized carbons (Fsp3) is 0.464. The van der Waals surface area contributed by atoms with Gasteiger partial charge in [-0.3, -0.25) is 4.79 Å². The van der Waals surface area contributed by atoms with Crippen molar-refractivity contribution in [3.8, 4) is 5.75 Å². The smallest absolute Gasteiger partial charge is 0.344 e. The maximum absolute atomic E-state index is 12.2. The van der Waals surface area contributed by atoms with Crippen LogP contribution in [0.1, 0.15) is 64.8 Å². The Hall–Kier alpha value is -3.35. The summed E-state index contributed by atoms with van der Waals surface area (Å²) in [5.41, 5.74) is 3.82. The highest BCUT2D eigenvalue weighted by Crippen LogP contribution is 2.26. The maximum atomic E-state index is 12.2. The Bertz CT molecular complexity index is 1150. The second-order valence-corrected chi connectivity index (χ2v) is 9.42. The van der Waals surface area contributed by atoms with Crippen molar-refractivity contribution in [1.82, 2.24) is 9.55 Å². The minimum absolute atomic E-state index is 0.0642. The molecule has 0 aliphatic rings. The number of ether oxygens (including phenoxy) is 1. The number of imidazole rings is 1. The molecule has 0 bridgehead atoms. The first-order chi connectivity index (χ1) is 16.7. The normalized spacial score (nSPS) is 12.2. The molecule has 7 heteroatoms. The van der Waals surface area contributed by atoms with Gasteiger partial charge >= 0.3 is 5.97 Å². The lowest BCUT2D eigenvalue weighted by atomic mass is 10.1. The van der Waals surface area contributed by atoms with Gasteiger partial charge < -0.3 is 19.3 Å². The fourth-order valence-corrected chi connectivity index (χ4v) is 4.10. The molecule has 188 valence electrons. The van der Waals surface area contributed by atoms with E-state index in [4.69, 9.17) is 9.72 Å². The van der Waals surface area contributed by atoms with Crippen molar-refractivity contribution in [3.05, 3.63) is 53.9 Å². The van der Waals surface area contributed by atoms with Gasteiger partial charge in [0, 0.05) is 32.1 Å². The third-order valence-electron chi connectivity index (χ3n) is 6.13. The highest BCUT2D eigenvalue weighted by molar-refractivity contribution is 5.94. The molecule has 0 fully saturated rings. The molecule has 1 unspecified atom stereocenters. The van der Waals surface area contributed by atoms with Crippen LogP contribution in [0, 0.1) is 5.92 Å². The van der Waals surface area contributed by atoms with E-state index in [-0.39, 0.29) is 11.8 Å². The number of aryl methyl sites for hydroxylation is 1. The molecule has 7 nitrogen and oxygen atoms in total. The number of aromatic nitrogens is 2. The Kier molecular flexibility index (Phi) is 8.90. The molecule has 3 aromatic rings. The third-order valence-corrected chi connectivity index (χ3v) is 6.13. The van der Waals surface area contributed by atoms with Crippen molar-refractivity contribution in [2.24, 2.45) is 5.92 Å². The molecule has 3 rings (SSSR count). The van der Waals surface area contributed by atoms with Gasteiger partial charge in [-0.15, -0.1) is 0 Å². The van der Waals surface area contributed by atoms with Gasteiger partial charge in [-0.2, -0.15) is 0 Å². The van der Waals surface area contributed by atoms with Crippen LogP contribution in [0.25, 0.3) is 11.0 Å². The minimum atomic E-state index is -0.949. The third kappa shape index (κ3) is 6.62. The van der Waals surface area contributed by atoms with Crippen molar-refractivity contribution in [2.75, 3.05) is 11.9 Å². The molecule has 0 saturated carbocycles. The first-order valence-corrected chi connectivity index (χ1v) is 12.5. The number of carbonyl (C=O) groups excluding carboxylic acids is 1. The predicted molar refractivity (Wildman–Crippen MR) is 139 cm³/mol. The Labute approximate surface area is 207 Å². The van der Waals surface area contributed by atoms with Gasteiger partial charge in [0.25, 0.3) is 0 Å². The van der Waals surface area contributed by atoms with Crippen LogP contribution in [0.3, 0.4) is 0 Å². The summed E-state index contributed by atoms with van der Waals surface area (Å²) in [7, 11) is 1.80.